The van der Waals surface area contributed by atoms with Crippen molar-refractivity contribution in [3.63, 3.8) is 0 Å². The van der Waals surface area contributed by atoms with Gasteiger partial charge in [-0.2, -0.15) is 11.3 Å². The van der Waals surface area contributed by atoms with Crippen LogP contribution in [0, 0.1) is 0 Å². The average molecular weight is 218 g/mol. The Morgan fingerprint density at radius 1 is 1.33 bits per heavy atom. The third-order valence-corrected chi connectivity index (χ3v) is 2.71. The Kier molecular flexibility index (Phi) is 3.09. The Labute approximate surface area is 91.8 Å². The normalized spacial score (nSPS) is 9.87. The van der Waals surface area contributed by atoms with E-state index in [0.29, 0.717) is 12.1 Å². The van der Waals surface area contributed by atoms with Crippen LogP contribution >= 0.6 is 11.3 Å². The zero-order valence-corrected chi connectivity index (χ0v) is 8.83. The third-order valence-electron chi connectivity index (χ3n) is 1.98. The fourth-order valence-corrected chi connectivity index (χ4v) is 1.85. The van der Waals surface area contributed by atoms with Crippen molar-refractivity contribution in [1.29, 1.82) is 0 Å². The average Bonchev–Trinajstić information content (AvgIpc) is 2.80. The molecule has 0 aromatic carbocycles. The zero-order valence-electron chi connectivity index (χ0n) is 8.01. The molecule has 0 aliphatic rings. The van der Waals surface area contributed by atoms with Crippen molar-refractivity contribution in [3.8, 4) is 0 Å². The van der Waals surface area contributed by atoms with Gasteiger partial charge in [0, 0.05) is 24.5 Å². The fourth-order valence-electron chi connectivity index (χ4n) is 1.18. The van der Waals surface area contributed by atoms with E-state index in [2.05, 4.69) is 10.3 Å². The maximum absolute atomic E-state index is 11.6. The van der Waals surface area contributed by atoms with Gasteiger partial charge in [0.1, 0.15) is 0 Å². The number of hydrogen-bond acceptors (Lipinski definition) is 3. The Hall–Kier alpha value is -1.68. The molecule has 0 saturated heterocycles. The van der Waals surface area contributed by atoms with Crippen LogP contribution in [0.1, 0.15) is 15.9 Å². The first kappa shape index (κ1) is 9.86. The molecule has 1 amide bonds. The first-order valence-electron chi connectivity index (χ1n) is 4.55. The highest BCUT2D eigenvalue weighted by Gasteiger charge is 2.03. The molecule has 0 bridgehead atoms. The van der Waals surface area contributed by atoms with E-state index in [0.717, 1.165) is 5.56 Å². The maximum Gasteiger partial charge on any atom is 0.251 e. The summed E-state index contributed by atoms with van der Waals surface area (Å²) in [5.74, 6) is -0.0661. The molecule has 0 unspecified atom stereocenters. The van der Waals surface area contributed by atoms with Crippen molar-refractivity contribution in [3.05, 3.63) is 52.5 Å². The topological polar surface area (TPSA) is 42.0 Å². The van der Waals surface area contributed by atoms with Crippen LogP contribution in [0.3, 0.4) is 0 Å². The SMILES string of the molecule is O=C(NCc1ccsc1)c1ccncc1. The summed E-state index contributed by atoms with van der Waals surface area (Å²) in [4.78, 5) is 15.5. The number of nitrogens with one attached hydrogen (secondary N) is 1. The van der Waals surface area contributed by atoms with Crippen molar-refractivity contribution in [1.82, 2.24) is 10.3 Å². The molecule has 2 aromatic heterocycles. The van der Waals surface area contributed by atoms with Crippen LogP contribution in [0.4, 0.5) is 0 Å². The quantitative estimate of drug-likeness (QED) is 0.857. The van der Waals surface area contributed by atoms with Crippen molar-refractivity contribution >= 4 is 17.2 Å². The largest absolute Gasteiger partial charge is 0.348 e. The van der Waals surface area contributed by atoms with Crippen LogP contribution in [0.5, 0.6) is 0 Å². The molecule has 2 aromatic rings. The molecule has 0 radical (unpaired) electrons. The number of pyridine rings is 1. The highest BCUT2D eigenvalue weighted by atomic mass is 32.1. The predicted molar refractivity (Wildman–Crippen MR) is 59.7 cm³/mol. The molecule has 76 valence electrons. The van der Waals surface area contributed by atoms with E-state index in [4.69, 9.17) is 0 Å². The van der Waals surface area contributed by atoms with Gasteiger partial charge in [0.05, 0.1) is 0 Å². The Bertz CT molecular complexity index is 425. The van der Waals surface area contributed by atoms with E-state index in [1.165, 1.54) is 0 Å². The minimum Gasteiger partial charge on any atom is -0.348 e. The van der Waals surface area contributed by atoms with Crippen molar-refractivity contribution in [2.24, 2.45) is 0 Å². The Balaban J connectivity index is 1.94. The van der Waals surface area contributed by atoms with Crippen LogP contribution in [0.15, 0.2) is 41.4 Å². The molecule has 0 aliphatic heterocycles. The van der Waals surface area contributed by atoms with Gasteiger partial charge in [-0.3, -0.25) is 9.78 Å². The molecule has 0 atom stereocenters. The van der Waals surface area contributed by atoms with Crippen LogP contribution < -0.4 is 5.32 Å². The van der Waals surface area contributed by atoms with Gasteiger partial charge in [-0.25, -0.2) is 0 Å². The number of carbonyl (C=O) groups is 1. The zero-order chi connectivity index (χ0) is 10.5. The molecule has 0 saturated carbocycles. The lowest BCUT2D eigenvalue weighted by molar-refractivity contribution is 0.0951. The molecule has 2 rings (SSSR count). The van der Waals surface area contributed by atoms with Crippen molar-refractivity contribution in [2.45, 2.75) is 6.54 Å². The Morgan fingerprint density at radius 2 is 2.13 bits per heavy atom. The van der Waals surface area contributed by atoms with Gasteiger partial charge in [0.15, 0.2) is 0 Å². The fraction of sp³-hybridized carbons (Fsp3) is 0.0909. The van der Waals surface area contributed by atoms with Crippen LogP contribution in [0.2, 0.25) is 0 Å². The van der Waals surface area contributed by atoms with Gasteiger partial charge in [-0.15, -0.1) is 0 Å². The number of hydrogen-bond donors (Lipinski definition) is 1. The van der Waals surface area contributed by atoms with E-state index in [9.17, 15) is 4.79 Å². The number of aromatic nitrogens is 1. The molecular formula is C11H10N2OS. The van der Waals surface area contributed by atoms with Crippen molar-refractivity contribution < 1.29 is 4.79 Å². The second-order valence-corrected chi connectivity index (χ2v) is 3.83. The number of thiophene rings is 1. The number of carbonyl (C=O) groups excluding carboxylic acids is 1. The van der Waals surface area contributed by atoms with Crippen LogP contribution in [-0.2, 0) is 6.54 Å². The molecule has 1 N–H and O–H groups in total. The summed E-state index contributed by atoms with van der Waals surface area (Å²) in [7, 11) is 0. The summed E-state index contributed by atoms with van der Waals surface area (Å²) in [6, 6.07) is 5.39. The summed E-state index contributed by atoms with van der Waals surface area (Å²) in [6.45, 7) is 0.574. The summed E-state index contributed by atoms with van der Waals surface area (Å²) >= 11 is 1.63. The van der Waals surface area contributed by atoms with Gasteiger partial charge in [0.2, 0.25) is 0 Å². The van der Waals surface area contributed by atoms with Gasteiger partial charge in [0.25, 0.3) is 5.91 Å². The summed E-state index contributed by atoms with van der Waals surface area (Å²) in [5, 5.41) is 6.86. The van der Waals surface area contributed by atoms with E-state index in [-0.39, 0.29) is 5.91 Å². The second-order valence-electron chi connectivity index (χ2n) is 3.05. The predicted octanol–water partition coefficient (Wildman–Crippen LogP) is 2.07. The number of amides is 1. The van der Waals surface area contributed by atoms with E-state index >= 15 is 0 Å². The lowest BCUT2D eigenvalue weighted by Gasteiger charge is -2.02. The molecule has 15 heavy (non-hydrogen) atoms. The third kappa shape index (κ3) is 2.63. The summed E-state index contributed by atoms with van der Waals surface area (Å²) < 4.78 is 0. The molecule has 3 nitrogen and oxygen atoms in total. The van der Waals surface area contributed by atoms with Gasteiger partial charge >= 0.3 is 0 Å². The summed E-state index contributed by atoms with van der Waals surface area (Å²) in [5.41, 5.74) is 1.77. The lowest BCUT2D eigenvalue weighted by Crippen LogP contribution is -2.22. The van der Waals surface area contributed by atoms with E-state index in [1.807, 2.05) is 16.8 Å². The molecule has 0 fully saturated rings. The van der Waals surface area contributed by atoms with E-state index in [1.54, 1.807) is 35.9 Å². The number of nitrogens with zero attached hydrogens (tertiary/aromatic N) is 1. The Morgan fingerprint density at radius 3 is 2.80 bits per heavy atom. The molecule has 4 heteroatoms. The molecule has 0 spiro atoms. The maximum atomic E-state index is 11.6. The highest BCUT2D eigenvalue weighted by molar-refractivity contribution is 7.07. The summed E-state index contributed by atoms with van der Waals surface area (Å²) in [6.07, 6.45) is 3.22. The van der Waals surface area contributed by atoms with E-state index < -0.39 is 0 Å². The standard InChI is InChI=1S/C11H10N2OS/c14-11(10-1-4-12-5-2-10)13-7-9-3-6-15-8-9/h1-6,8H,7H2,(H,13,14). The molecular weight excluding hydrogens is 208 g/mol. The monoisotopic (exact) mass is 218 g/mol. The lowest BCUT2D eigenvalue weighted by atomic mass is 10.2. The minimum absolute atomic E-state index is 0.0661. The van der Waals surface area contributed by atoms with Gasteiger partial charge < -0.3 is 5.32 Å². The first-order chi connectivity index (χ1) is 7.36. The van der Waals surface area contributed by atoms with Gasteiger partial charge in [-0.05, 0) is 34.5 Å². The smallest absolute Gasteiger partial charge is 0.251 e. The highest BCUT2D eigenvalue weighted by Crippen LogP contribution is 2.05. The first-order valence-corrected chi connectivity index (χ1v) is 5.50. The molecule has 2 heterocycles. The number of rotatable bonds is 3. The van der Waals surface area contributed by atoms with Crippen molar-refractivity contribution in [2.75, 3.05) is 0 Å². The second kappa shape index (κ2) is 4.70. The molecule has 0 aliphatic carbocycles. The van der Waals surface area contributed by atoms with Crippen LogP contribution in [0.25, 0.3) is 0 Å². The van der Waals surface area contributed by atoms with Crippen LogP contribution in [-0.4, -0.2) is 10.9 Å². The van der Waals surface area contributed by atoms with Gasteiger partial charge in [-0.1, -0.05) is 0 Å². The minimum atomic E-state index is -0.0661.